The molecule has 0 radical (unpaired) electrons. The quantitative estimate of drug-likeness (QED) is 0.824. The van der Waals surface area contributed by atoms with Crippen LogP contribution in [-0.2, 0) is 4.79 Å². The first-order valence-corrected chi connectivity index (χ1v) is 9.29. The van der Waals surface area contributed by atoms with Crippen LogP contribution in [0.5, 0.6) is 5.75 Å². The van der Waals surface area contributed by atoms with Crippen LogP contribution in [0.25, 0.3) is 0 Å². The number of nitrogens with one attached hydrogen (secondary N) is 1. The maximum atomic E-state index is 12.3. The van der Waals surface area contributed by atoms with Crippen LogP contribution in [0.2, 0.25) is 0 Å². The Morgan fingerprint density at radius 3 is 2.46 bits per heavy atom. The van der Waals surface area contributed by atoms with Gasteiger partial charge in [0.1, 0.15) is 17.3 Å². The molecule has 1 atom stereocenters. The highest BCUT2D eigenvalue weighted by Crippen LogP contribution is 2.26. The number of furan rings is 1. The van der Waals surface area contributed by atoms with E-state index < -0.39 is 0 Å². The second kappa shape index (κ2) is 8.41. The lowest BCUT2D eigenvalue weighted by molar-refractivity contribution is -0.123. The third kappa shape index (κ3) is 4.88. The molecule has 0 aliphatic carbocycles. The summed E-state index contributed by atoms with van der Waals surface area (Å²) in [5.74, 6) is 2.43. The largest absolute Gasteiger partial charge is 0.484 e. The monoisotopic (exact) mass is 356 g/mol. The Morgan fingerprint density at radius 1 is 1.15 bits per heavy atom. The highest BCUT2D eigenvalue weighted by molar-refractivity contribution is 5.77. The van der Waals surface area contributed by atoms with Crippen LogP contribution < -0.4 is 10.1 Å². The van der Waals surface area contributed by atoms with E-state index in [1.807, 2.05) is 45.0 Å². The molecular weight excluding hydrogens is 328 g/mol. The number of nitrogens with zero attached hydrogens (tertiary/aromatic N) is 1. The van der Waals surface area contributed by atoms with Gasteiger partial charge < -0.3 is 14.5 Å². The van der Waals surface area contributed by atoms with Crippen LogP contribution in [0.4, 0.5) is 0 Å². The van der Waals surface area contributed by atoms with Crippen LogP contribution in [0.15, 0.2) is 34.7 Å². The van der Waals surface area contributed by atoms with Crippen molar-refractivity contribution in [2.45, 2.75) is 39.7 Å². The van der Waals surface area contributed by atoms with Gasteiger partial charge in [0.2, 0.25) is 0 Å². The number of hydrogen-bond donors (Lipinski definition) is 1. The molecule has 2 aromatic rings. The van der Waals surface area contributed by atoms with E-state index in [2.05, 4.69) is 16.3 Å². The molecule has 0 unspecified atom stereocenters. The minimum absolute atomic E-state index is 0.0206. The summed E-state index contributed by atoms with van der Waals surface area (Å²) < 4.78 is 11.5. The molecule has 1 amide bonds. The molecule has 5 nitrogen and oxygen atoms in total. The molecule has 1 N–H and O–H groups in total. The number of likely N-dealkylation sites (tertiary alicyclic amines) is 1. The zero-order valence-electron chi connectivity index (χ0n) is 15.9. The van der Waals surface area contributed by atoms with Crippen molar-refractivity contribution in [1.29, 1.82) is 0 Å². The van der Waals surface area contributed by atoms with Crippen molar-refractivity contribution in [3.05, 3.63) is 53.0 Å². The lowest BCUT2D eigenvalue weighted by Crippen LogP contribution is -2.38. The van der Waals surface area contributed by atoms with Gasteiger partial charge >= 0.3 is 0 Å². The number of carbonyl (C=O) groups excluding carboxylic acids is 1. The maximum absolute atomic E-state index is 12.3. The molecule has 1 aromatic carbocycles. The van der Waals surface area contributed by atoms with E-state index in [4.69, 9.17) is 9.15 Å². The first-order chi connectivity index (χ1) is 12.5. The van der Waals surface area contributed by atoms with E-state index in [1.165, 1.54) is 12.8 Å². The molecule has 3 rings (SSSR count). The Kier molecular flexibility index (Phi) is 5.99. The van der Waals surface area contributed by atoms with Crippen molar-refractivity contribution in [3.8, 4) is 5.75 Å². The van der Waals surface area contributed by atoms with Crippen LogP contribution >= 0.6 is 0 Å². The summed E-state index contributed by atoms with van der Waals surface area (Å²) in [7, 11) is 0. The van der Waals surface area contributed by atoms with Crippen LogP contribution in [-0.4, -0.2) is 37.0 Å². The number of benzene rings is 1. The molecule has 1 aliphatic rings. The first-order valence-electron chi connectivity index (χ1n) is 9.29. The topological polar surface area (TPSA) is 54.7 Å². The highest BCUT2D eigenvalue weighted by Gasteiger charge is 2.26. The fourth-order valence-electron chi connectivity index (χ4n) is 3.52. The lowest BCUT2D eigenvalue weighted by Gasteiger charge is -2.26. The molecular formula is C21H28N2O3. The molecule has 0 bridgehead atoms. The number of ether oxygens (including phenoxy) is 1. The Labute approximate surface area is 155 Å². The molecule has 5 heteroatoms. The van der Waals surface area contributed by atoms with Gasteiger partial charge in [-0.3, -0.25) is 9.69 Å². The SMILES string of the molecule is Cc1cc(C)cc(OCC(=O)NC[C@H](c2ccc(C)o2)N2CCCC2)c1. The Hall–Kier alpha value is -2.27. The summed E-state index contributed by atoms with van der Waals surface area (Å²) in [5.41, 5.74) is 2.25. The summed E-state index contributed by atoms with van der Waals surface area (Å²) in [6.45, 7) is 8.62. The molecule has 1 aliphatic heterocycles. The fourth-order valence-corrected chi connectivity index (χ4v) is 3.52. The van der Waals surface area contributed by atoms with Crippen LogP contribution in [0.3, 0.4) is 0 Å². The van der Waals surface area contributed by atoms with Crippen molar-refractivity contribution in [3.63, 3.8) is 0 Å². The van der Waals surface area contributed by atoms with E-state index in [1.54, 1.807) is 0 Å². The smallest absolute Gasteiger partial charge is 0.258 e. The summed E-state index contributed by atoms with van der Waals surface area (Å²) in [6, 6.07) is 10.0. The zero-order valence-corrected chi connectivity index (χ0v) is 15.9. The molecule has 0 spiro atoms. The van der Waals surface area contributed by atoms with Crippen molar-refractivity contribution >= 4 is 5.91 Å². The first kappa shape index (κ1) is 18.5. The van der Waals surface area contributed by atoms with Crippen molar-refractivity contribution in [1.82, 2.24) is 10.2 Å². The molecule has 140 valence electrons. The molecule has 1 fully saturated rings. The number of amides is 1. The minimum atomic E-state index is -0.114. The van der Waals surface area contributed by atoms with E-state index in [-0.39, 0.29) is 18.6 Å². The van der Waals surface area contributed by atoms with E-state index in [0.717, 1.165) is 41.5 Å². The average molecular weight is 356 g/mol. The van der Waals surface area contributed by atoms with Crippen LogP contribution in [0.1, 0.15) is 41.5 Å². The van der Waals surface area contributed by atoms with Crippen molar-refractivity contribution < 1.29 is 13.9 Å². The number of hydrogen-bond acceptors (Lipinski definition) is 4. The van der Waals surface area contributed by atoms with Gasteiger partial charge in [0, 0.05) is 6.54 Å². The summed E-state index contributed by atoms with van der Waals surface area (Å²) in [5, 5.41) is 3.00. The minimum Gasteiger partial charge on any atom is -0.484 e. The predicted octanol–water partition coefficient (Wildman–Crippen LogP) is 3.54. The molecule has 0 saturated carbocycles. The van der Waals surface area contributed by atoms with E-state index in [0.29, 0.717) is 6.54 Å². The zero-order chi connectivity index (χ0) is 18.5. The van der Waals surface area contributed by atoms with Crippen molar-refractivity contribution in [2.24, 2.45) is 0 Å². The third-order valence-corrected chi connectivity index (χ3v) is 4.73. The van der Waals surface area contributed by atoms with Gasteiger partial charge in [-0.1, -0.05) is 6.07 Å². The van der Waals surface area contributed by atoms with Gasteiger partial charge in [-0.05, 0) is 82.1 Å². The second-order valence-electron chi connectivity index (χ2n) is 7.12. The number of carbonyl (C=O) groups is 1. The van der Waals surface area contributed by atoms with Gasteiger partial charge in [0.15, 0.2) is 6.61 Å². The number of rotatable bonds is 7. The highest BCUT2D eigenvalue weighted by atomic mass is 16.5. The summed E-state index contributed by atoms with van der Waals surface area (Å²) in [6.07, 6.45) is 2.39. The standard InChI is InChI=1S/C21H28N2O3/c1-15-10-16(2)12-18(11-15)25-14-21(24)22-13-19(23-8-4-5-9-23)20-7-6-17(3)26-20/h6-7,10-12,19H,4-5,8-9,13-14H2,1-3H3,(H,22,24)/t19-/m1/s1. The summed E-state index contributed by atoms with van der Waals surface area (Å²) in [4.78, 5) is 14.6. The second-order valence-corrected chi connectivity index (χ2v) is 7.12. The fraction of sp³-hybridized carbons (Fsp3) is 0.476. The molecule has 26 heavy (non-hydrogen) atoms. The van der Waals surface area contributed by atoms with Gasteiger partial charge in [-0.2, -0.15) is 0 Å². The van der Waals surface area contributed by atoms with E-state index in [9.17, 15) is 4.79 Å². The molecule has 1 aromatic heterocycles. The lowest BCUT2D eigenvalue weighted by atomic mass is 10.1. The molecule has 2 heterocycles. The van der Waals surface area contributed by atoms with Crippen molar-refractivity contribution in [2.75, 3.05) is 26.2 Å². The average Bonchev–Trinajstić information content (AvgIpc) is 3.25. The Morgan fingerprint density at radius 2 is 1.85 bits per heavy atom. The normalized spacial score (nSPS) is 15.8. The van der Waals surface area contributed by atoms with Gasteiger partial charge in [0.25, 0.3) is 5.91 Å². The van der Waals surface area contributed by atoms with Gasteiger partial charge in [-0.25, -0.2) is 0 Å². The van der Waals surface area contributed by atoms with Crippen LogP contribution in [0, 0.1) is 20.8 Å². The maximum Gasteiger partial charge on any atom is 0.258 e. The third-order valence-electron chi connectivity index (χ3n) is 4.73. The Balaban J connectivity index is 1.55. The Bertz CT molecular complexity index is 727. The van der Waals surface area contributed by atoms with E-state index >= 15 is 0 Å². The predicted molar refractivity (Wildman–Crippen MR) is 101 cm³/mol. The van der Waals surface area contributed by atoms with Gasteiger partial charge in [0.05, 0.1) is 6.04 Å². The molecule has 1 saturated heterocycles. The summed E-state index contributed by atoms with van der Waals surface area (Å²) >= 11 is 0. The number of aryl methyl sites for hydroxylation is 3. The van der Waals surface area contributed by atoms with Gasteiger partial charge in [-0.15, -0.1) is 0 Å².